The molecule has 1 aliphatic heterocycles. The van der Waals surface area contributed by atoms with Crippen LogP contribution >= 0.6 is 11.6 Å². The molecule has 4 rings (SSSR count). The molecular weight excluding hydrogens is 378 g/mol. The van der Waals surface area contributed by atoms with Gasteiger partial charge < -0.3 is 14.8 Å². The summed E-state index contributed by atoms with van der Waals surface area (Å²) in [6.07, 6.45) is 4.10. The largest absolute Gasteiger partial charge is 0.490 e. The molecule has 1 amide bonds. The number of hydrogen-bond donors (Lipinski definition) is 1. The van der Waals surface area contributed by atoms with Crippen molar-refractivity contribution in [3.8, 4) is 17.2 Å². The van der Waals surface area contributed by atoms with Gasteiger partial charge in [-0.25, -0.2) is 4.68 Å². The molecule has 0 fully saturated rings. The van der Waals surface area contributed by atoms with E-state index in [1.165, 1.54) is 0 Å². The van der Waals surface area contributed by atoms with E-state index in [4.69, 9.17) is 21.1 Å². The normalized spacial score (nSPS) is 14.2. The fourth-order valence-corrected chi connectivity index (χ4v) is 3.11. The van der Waals surface area contributed by atoms with Crippen LogP contribution in [0, 0.1) is 0 Å². The number of aromatic nitrogens is 2. The summed E-state index contributed by atoms with van der Waals surface area (Å²) in [6, 6.07) is 12.8. The number of carbonyl (C=O) groups excluding carboxylic acids is 1. The zero-order chi connectivity index (χ0) is 19.5. The van der Waals surface area contributed by atoms with Gasteiger partial charge in [0.05, 0.1) is 36.7 Å². The van der Waals surface area contributed by atoms with Gasteiger partial charge in [-0.3, -0.25) is 4.79 Å². The van der Waals surface area contributed by atoms with Crippen molar-refractivity contribution in [2.24, 2.45) is 0 Å². The lowest BCUT2D eigenvalue weighted by molar-refractivity contribution is 0.0940. The second kappa shape index (κ2) is 7.94. The maximum absolute atomic E-state index is 12.6. The first kappa shape index (κ1) is 18.4. The van der Waals surface area contributed by atoms with Crippen molar-refractivity contribution in [1.29, 1.82) is 0 Å². The number of benzene rings is 2. The Morgan fingerprint density at radius 1 is 1.14 bits per heavy atom. The summed E-state index contributed by atoms with van der Waals surface area (Å²) in [4.78, 5) is 12.6. The zero-order valence-electron chi connectivity index (χ0n) is 15.4. The average molecular weight is 398 g/mol. The number of amides is 1. The molecule has 1 aromatic heterocycles. The molecule has 3 aromatic rings. The number of nitrogens with one attached hydrogen (secondary N) is 1. The first-order valence-electron chi connectivity index (χ1n) is 9.11. The fraction of sp³-hybridized carbons (Fsp3) is 0.238. The molecule has 1 atom stereocenters. The SMILES string of the molecule is CC(NC(=O)c1cnn(-c2ccc(Cl)cc2)c1)c1ccc2c(c1)OCCCO2. The Morgan fingerprint density at radius 2 is 1.89 bits per heavy atom. The molecule has 0 saturated heterocycles. The van der Waals surface area contributed by atoms with Crippen LogP contribution in [0.4, 0.5) is 0 Å². The molecule has 0 bridgehead atoms. The number of halogens is 1. The van der Waals surface area contributed by atoms with Gasteiger partial charge in [0.25, 0.3) is 5.91 Å². The Balaban J connectivity index is 1.46. The number of carbonyl (C=O) groups is 1. The molecule has 0 spiro atoms. The maximum atomic E-state index is 12.6. The molecule has 6 nitrogen and oxygen atoms in total. The molecule has 7 heteroatoms. The van der Waals surface area contributed by atoms with Crippen molar-refractivity contribution in [1.82, 2.24) is 15.1 Å². The van der Waals surface area contributed by atoms with Gasteiger partial charge in [0.2, 0.25) is 0 Å². The zero-order valence-corrected chi connectivity index (χ0v) is 16.1. The van der Waals surface area contributed by atoms with E-state index < -0.39 is 0 Å². The van der Waals surface area contributed by atoms with E-state index in [9.17, 15) is 4.79 Å². The molecule has 2 heterocycles. The predicted octanol–water partition coefficient (Wildman–Crippen LogP) is 4.18. The maximum Gasteiger partial charge on any atom is 0.254 e. The van der Waals surface area contributed by atoms with E-state index in [2.05, 4.69) is 10.4 Å². The fourth-order valence-electron chi connectivity index (χ4n) is 2.99. The van der Waals surface area contributed by atoms with Crippen LogP contribution in [0.25, 0.3) is 5.69 Å². The Morgan fingerprint density at radius 3 is 2.68 bits per heavy atom. The summed E-state index contributed by atoms with van der Waals surface area (Å²) in [5, 5.41) is 7.91. The highest BCUT2D eigenvalue weighted by molar-refractivity contribution is 6.30. The van der Waals surface area contributed by atoms with Crippen molar-refractivity contribution < 1.29 is 14.3 Å². The van der Waals surface area contributed by atoms with Crippen LogP contribution < -0.4 is 14.8 Å². The lowest BCUT2D eigenvalue weighted by Crippen LogP contribution is -2.26. The van der Waals surface area contributed by atoms with Crippen LogP contribution in [0.5, 0.6) is 11.5 Å². The summed E-state index contributed by atoms with van der Waals surface area (Å²) >= 11 is 5.91. The molecule has 28 heavy (non-hydrogen) atoms. The Hall–Kier alpha value is -2.99. The Labute approximate surface area is 168 Å². The number of fused-ring (bicyclic) bond motifs is 1. The highest BCUT2D eigenvalue weighted by Crippen LogP contribution is 2.32. The van der Waals surface area contributed by atoms with Gasteiger partial charge in [0.1, 0.15) is 0 Å². The van der Waals surface area contributed by atoms with Crippen LogP contribution in [-0.4, -0.2) is 28.9 Å². The van der Waals surface area contributed by atoms with Crippen molar-refractivity contribution >= 4 is 17.5 Å². The molecule has 144 valence electrons. The predicted molar refractivity (Wildman–Crippen MR) is 107 cm³/mol. The quantitative estimate of drug-likeness (QED) is 0.717. The van der Waals surface area contributed by atoms with Gasteiger partial charge in [-0.15, -0.1) is 0 Å². The van der Waals surface area contributed by atoms with Crippen LogP contribution in [0.2, 0.25) is 5.02 Å². The van der Waals surface area contributed by atoms with Crippen LogP contribution in [0.1, 0.15) is 35.3 Å². The molecule has 2 aromatic carbocycles. The summed E-state index contributed by atoms with van der Waals surface area (Å²) in [7, 11) is 0. The van der Waals surface area contributed by atoms with E-state index in [0.717, 1.165) is 23.4 Å². The smallest absolute Gasteiger partial charge is 0.254 e. The Kier molecular flexibility index (Phi) is 5.21. The first-order chi connectivity index (χ1) is 13.6. The van der Waals surface area contributed by atoms with Gasteiger partial charge >= 0.3 is 0 Å². The lowest BCUT2D eigenvalue weighted by atomic mass is 10.1. The summed E-state index contributed by atoms with van der Waals surface area (Å²) in [5.41, 5.74) is 2.26. The molecule has 1 unspecified atom stereocenters. The van der Waals surface area contributed by atoms with E-state index >= 15 is 0 Å². The summed E-state index contributed by atoms with van der Waals surface area (Å²) in [6.45, 7) is 3.21. The lowest BCUT2D eigenvalue weighted by Gasteiger charge is -2.16. The van der Waals surface area contributed by atoms with Crippen LogP contribution in [0.3, 0.4) is 0 Å². The second-order valence-corrected chi connectivity index (χ2v) is 7.04. The van der Waals surface area contributed by atoms with Gasteiger partial charge in [0, 0.05) is 17.6 Å². The minimum absolute atomic E-state index is 0.191. The minimum atomic E-state index is -0.195. The second-order valence-electron chi connectivity index (χ2n) is 6.60. The third-order valence-corrected chi connectivity index (χ3v) is 4.81. The van der Waals surface area contributed by atoms with Crippen LogP contribution in [0.15, 0.2) is 54.9 Å². The minimum Gasteiger partial charge on any atom is -0.490 e. The Bertz CT molecular complexity index is 985. The van der Waals surface area contributed by atoms with Crippen molar-refractivity contribution in [2.75, 3.05) is 13.2 Å². The number of nitrogens with zero attached hydrogens (tertiary/aromatic N) is 2. The van der Waals surface area contributed by atoms with Crippen molar-refractivity contribution in [3.05, 3.63) is 71.0 Å². The first-order valence-corrected chi connectivity index (χ1v) is 9.49. The third-order valence-electron chi connectivity index (χ3n) is 4.56. The molecular formula is C21H20ClN3O3. The molecule has 0 aliphatic carbocycles. The van der Waals surface area contributed by atoms with Gasteiger partial charge in [-0.05, 0) is 48.9 Å². The highest BCUT2D eigenvalue weighted by Gasteiger charge is 2.17. The number of ether oxygens (including phenoxy) is 2. The van der Waals surface area contributed by atoms with Crippen molar-refractivity contribution in [2.45, 2.75) is 19.4 Å². The van der Waals surface area contributed by atoms with Gasteiger partial charge in [0.15, 0.2) is 11.5 Å². The van der Waals surface area contributed by atoms with E-state index in [-0.39, 0.29) is 11.9 Å². The molecule has 1 N–H and O–H groups in total. The average Bonchev–Trinajstić information content (AvgIpc) is 3.07. The van der Waals surface area contributed by atoms with E-state index in [1.54, 1.807) is 29.2 Å². The topological polar surface area (TPSA) is 65.4 Å². The van der Waals surface area contributed by atoms with Crippen molar-refractivity contribution in [3.63, 3.8) is 0 Å². The van der Waals surface area contributed by atoms with Gasteiger partial charge in [-0.2, -0.15) is 5.10 Å². The summed E-state index contributed by atoms with van der Waals surface area (Å²) < 4.78 is 13.0. The number of rotatable bonds is 4. The van der Waals surface area contributed by atoms with E-state index in [0.29, 0.717) is 29.5 Å². The van der Waals surface area contributed by atoms with E-state index in [1.807, 2.05) is 37.3 Å². The monoisotopic (exact) mass is 397 g/mol. The third kappa shape index (κ3) is 3.97. The summed E-state index contributed by atoms with van der Waals surface area (Å²) in [5.74, 6) is 1.26. The standard InChI is InChI=1S/C21H20ClN3O3/c1-14(15-3-8-19-20(11-15)28-10-2-9-27-19)24-21(26)16-12-23-25(13-16)18-6-4-17(22)5-7-18/h3-8,11-14H,2,9-10H2,1H3,(H,24,26). The molecule has 1 aliphatic rings. The molecule has 0 saturated carbocycles. The number of hydrogen-bond acceptors (Lipinski definition) is 4. The highest BCUT2D eigenvalue weighted by atomic mass is 35.5. The van der Waals surface area contributed by atoms with Crippen LogP contribution in [-0.2, 0) is 0 Å². The van der Waals surface area contributed by atoms with Gasteiger partial charge in [-0.1, -0.05) is 17.7 Å². The molecule has 0 radical (unpaired) electrons.